The first-order valence-corrected chi connectivity index (χ1v) is 9.43. The quantitative estimate of drug-likeness (QED) is 0.788. The Labute approximate surface area is 161 Å². The van der Waals surface area contributed by atoms with Crippen molar-refractivity contribution in [2.24, 2.45) is 0 Å². The SMILES string of the molecule is COc1cc2c(cc1NC(C)=O)C(c1ccc(C#N)c(SC)n1)CC(=O)N2. The van der Waals surface area contributed by atoms with Crippen LogP contribution in [0.2, 0.25) is 0 Å². The molecule has 1 atom stereocenters. The zero-order valence-electron chi connectivity index (χ0n) is 15.1. The van der Waals surface area contributed by atoms with Crippen molar-refractivity contribution in [3.63, 3.8) is 0 Å². The van der Waals surface area contributed by atoms with Gasteiger partial charge >= 0.3 is 0 Å². The number of fused-ring (bicyclic) bond motifs is 1. The minimum absolute atomic E-state index is 0.126. The molecule has 1 aromatic heterocycles. The molecule has 0 radical (unpaired) electrons. The Morgan fingerprint density at radius 3 is 2.85 bits per heavy atom. The van der Waals surface area contributed by atoms with Crippen molar-refractivity contribution in [3.05, 3.63) is 41.1 Å². The van der Waals surface area contributed by atoms with E-state index in [1.165, 1.54) is 25.8 Å². The zero-order chi connectivity index (χ0) is 19.6. The van der Waals surface area contributed by atoms with Crippen LogP contribution in [0.4, 0.5) is 11.4 Å². The van der Waals surface area contributed by atoms with Gasteiger partial charge in [-0.15, -0.1) is 11.8 Å². The van der Waals surface area contributed by atoms with E-state index in [1.54, 1.807) is 24.3 Å². The lowest BCUT2D eigenvalue weighted by Gasteiger charge is -2.27. The summed E-state index contributed by atoms with van der Waals surface area (Å²) in [6.07, 6.45) is 2.08. The molecule has 138 valence electrons. The number of methoxy groups -OCH3 is 1. The number of nitrogens with one attached hydrogen (secondary N) is 2. The largest absolute Gasteiger partial charge is 0.494 e. The van der Waals surface area contributed by atoms with Crippen LogP contribution < -0.4 is 15.4 Å². The second-order valence-corrected chi connectivity index (χ2v) is 6.83. The van der Waals surface area contributed by atoms with E-state index in [0.29, 0.717) is 33.4 Å². The number of benzene rings is 1. The standard InChI is InChI=1S/C19H18N4O3S/c1-10(24)21-16-6-12-13(7-18(25)22-15(12)8-17(16)26-2)14-5-4-11(9-20)19(23-14)27-3/h4-6,8,13H,7H2,1-3H3,(H,21,24)(H,22,25). The predicted molar refractivity (Wildman–Crippen MR) is 103 cm³/mol. The lowest BCUT2D eigenvalue weighted by molar-refractivity contribution is -0.117. The summed E-state index contributed by atoms with van der Waals surface area (Å²) in [4.78, 5) is 28.4. The van der Waals surface area contributed by atoms with Crippen LogP contribution in [-0.4, -0.2) is 30.2 Å². The Morgan fingerprint density at radius 2 is 2.22 bits per heavy atom. The normalized spacial score (nSPS) is 15.3. The summed E-state index contributed by atoms with van der Waals surface area (Å²) in [5.74, 6) is -0.169. The third kappa shape index (κ3) is 3.73. The number of nitrogens with zero attached hydrogens (tertiary/aromatic N) is 2. The van der Waals surface area contributed by atoms with Crippen molar-refractivity contribution >= 4 is 35.0 Å². The lowest BCUT2D eigenvalue weighted by Crippen LogP contribution is -2.24. The molecule has 1 aliphatic heterocycles. The summed E-state index contributed by atoms with van der Waals surface area (Å²) in [7, 11) is 1.50. The maximum absolute atomic E-state index is 12.2. The Kier molecular flexibility index (Phi) is 5.33. The molecule has 8 heteroatoms. The van der Waals surface area contributed by atoms with Gasteiger partial charge in [0.25, 0.3) is 0 Å². The number of thioether (sulfide) groups is 1. The summed E-state index contributed by atoms with van der Waals surface area (Å²) in [6, 6.07) is 9.12. The first-order valence-electron chi connectivity index (χ1n) is 8.21. The Bertz CT molecular complexity index is 968. The topological polar surface area (TPSA) is 104 Å². The molecule has 0 spiro atoms. The number of amides is 2. The van der Waals surface area contributed by atoms with Crippen molar-refractivity contribution in [1.82, 2.24) is 4.98 Å². The number of rotatable bonds is 4. The van der Waals surface area contributed by atoms with Gasteiger partial charge in [-0.25, -0.2) is 4.98 Å². The number of nitriles is 1. The highest BCUT2D eigenvalue weighted by atomic mass is 32.2. The molecular formula is C19H18N4O3S. The average molecular weight is 382 g/mol. The fraction of sp³-hybridized carbons (Fsp3) is 0.263. The number of carbonyl (C=O) groups is 2. The van der Waals surface area contributed by atoms with Gasteiger partial charge in [-0.3, -0.25) is 9.59 Å². The van der Waals surface area contributed by atoms with Gasteiger partial charge in [-0.1, -0.05) is 0 Å². The highest BCUT2D eigenvalue weighted by Crippen LogP contribution is 2.42. The van der Waals surface area contributed by atoms with E-state index < -0.39 is 0 Å². The molecule has 2 heterocycles. The molecule has 2 aromatic rings. The van der Waals surface area contributed by atoms with Gasteiger partial charge in [-0.05, 0) is 30.0 Å². The predicted octanol–water partition coefficient (Wildman–Crippen LogP) is 3.12. The molecule has 0 aliphatic carbocycles. The van der Waals surface area contributed by atoms with E-state index in [-0.39, 0.29) is 24.2 Å². The van der Waals surface area contributed by atoms with Crippen molar-refractivity contribution in [2.75, 3.05) is 24.0 Å². The van der Waals surface area contributed by atoms with Crippen LogP contribution in [0.5, 0.6) is 5.75 Å². The van der Waals surface area contributed by atoms with E-state index >= 15 is 0 Å². The van der Waals surface area contributed by atoms with E-state index in [2.05, 4.69) is 21.7 Å². The van der Waals surface area contributed by atoms with Crippen LogP contribution in [0, 0.1) is 11.3 Å². The molecule has 1 aliphatic rings. The second kappa shape index (κ2) is 7.68. The molecule has 0 fully saturated rings. The summed E-state index contributed by atoms with van der Waals surface area (Å²) in [6.45, 7) is 1.42. The third-order valence-corrected chi connectivity index (χ3v) is 4.97. The number of ether oxygens (including phenoxy) is 1. The number of anilines is 2. The smallest absolute Gasteiger partial charge is 0.225 e. The van der Waals surface area contributed by atoms with E-state index in [0.717, 1.165) is 5.56 Å². The molecular weight excluding hydrogens is 364 g/mol. The highest BCUT2D eigenvalue weighted by Gasteiger charge is 2.29. The molecule has 1 aromatic carbocycles. The molecule has 3 rings (SSSR count). The fourth-order valence-corrected chi connectivity index (χ4v) is 3.63. The van der Waals surface area contributed by atoms with Gasteiger partial charge in [0.2, 0.25) is 11.8 Å². The van der Waals surface area contributed by atoms with Gasteiger partial charge in [-0.2, -0.15) is 5.26 Å². The van der Waals surface area contributed by atoms with Crippen molar-refractivity contribution < 1.29 is 14.3 Å². The first kappa shape index (κ1) is 18.7. The van der Waals surface area contributed by atoms with Gasteiger partial charge in [0.1, 0.15) is 16.8 Å². The summed E-state index contributed by atoms with van der Waals surface area (Å²) < 4.78 is 5.33. The Balaban J connectivity index is 2.13. The minimum Gasteiger partial charge on any atom is -0.494 e. The number of pyridine rings is 1. The molecule has 0 saturated heterocycles. The van der Waals surface area contributed by atoms with Crippen LogP contribution in [0.25, 0.3) is 0 Å². The summed E-state index contributed by atoms with van der Waals surface area (Å²) in [5.41, 5.74) is 3.19. The molecule has 7 nitrogen and oxygen atoms in total. The van der Waals surface area contributed by atoms with E-state index in [4.69, 9.17) is 4.74 Å². The number of carbonyl (C=O) groups excluding carboxylic acids is 2. The number of aromatic nitrogens is 1. The Morgan fingerprint density at radius 1 is 1.44 bits per heavy atom. The van der Waals surface area contributed by atoms with Crippen LogP contribution in [0.15, 0.2) is 29.3 Å². The summed E-state index contributed by atoms with van der Waals surface area (Å²) >= 11 is 1.39. The highest BCUT2D eigenvalue weighted by molar-refractivity contribution is 7.98. The van der Waals surface area contributed by atoms with Crippen LogP contribution in [0.3, 0.4) is 0 Å². The van der Waals surface area contributed by atoms with Gasteiger partial charge in [0.05, 0.1) is 18.4 Å². The first-order chi connectivity index (χ1) is 13.0. The lowest BCUT2D eigenvalue weighted by atomic mass is 9.87. The van der Waals surface area contributed by atoms with Crippen LogP contribution in [0.1, 0.15) is 36.1 Å². The molecule has 0 saturated carbocycles. The molecule has 1 unspecified atom stereocenters. The maximum Gasteiger partial charge on any atom is 0.225 e. The molecule has 2 N–H and O–H groups in total. The fourth-order valence-electron chi connectivity index (χ4n) is 3.10. The van der Waals surface area contributed by atoms with Gasteiger partial charge < -0.3 is 15.4 Å². The number of hydrogen-bond donors (Lipinski definition) is 2. The van der Waals surface area contributed by atoms with E-state index in [1.807, 2.05) is 6.26 Å². The van der Waals surface area contributed by atoms with Crippen molar-refractivity contribution in [2.45, 2.75) is 24.3 Å². The van der Waals surface area contributed by atoms with E-state index in [9.17, 15) is 14.9 Å². The minimum atomic E-state index is -0.286. The van der Waals surface area contributed by atoms with Crippen LogP contribution >= 0.6 is 11.8 Å². The molecule has 27 heavy (non-hydrogen) atoms. The third-order valence-electron chi connectivity index (χ3n) is 4.27. The van der Waals surface area contributed by atoms with Gasteiger partial charge in [0, 0.05) is 36.7 Å². The molecule has 0 bridgehead atoms. The maximum atomic E-state index is 12.2. The number of hydrogen-bond acceptors (Lipinski definition) is 6. The van der Waals surface area contributed by atoms with Crippen molar-refractivity contribution in [1.29, 1.82) is 5.26 Å². The Hall–Kier alpha value is -3.05. The van der Waals surface area contributed by atoms with Crippen molar-refractivity contribution in [3.8, 4) is 11.8 Å². The monoisotopic (exact) mass is 382 g/mol. The summed E-state index contributed by atoms with van der Waals surface area (Å²) in [5, 5.41) is 15.4. The zero-order valence-corrected chi connectivity index (χ0v) is 15.9. The second-order valence-electron chi connectivity index (χ2n) is 6.03. The molecule has 2 amide bonds. The van der Waals surface area contributed by atoms with Gasteiger partial charge in [0.15, 0.2) is 0 Å². The average Bonchev–Trinajstić information content (AvgIpc) is 2.66. The van der Waals surface area contributed by atoms with Crippen LogP contribution in [-0.2, 0) is 9.59 Å².